The van der Waals surface area contributed by atoms with E-state index in [2.05, 4.69) is 49.1 Å². The first-order valence-corrected chi connectivity index (χ1v) is 10.5. The Morgan fingerprint density at radius 1 is 1.11 bits per heavy atom. The van der Waals surface area contributed by atoms with Gasteiger partial charge < -0.3 is 0 Å². The SMILES string of the molecule is CC(C)N(CCCC(C#N)(c1ccc(F)cc1)C1CCC1)Cc1ccccc1. The average molecular weight is 379 g/mol. The van der Waals surface area contributed by atoms with Crippen LogP contribution in [0.25, 0.3) is 0 Å². The van der Waals surface area contributed by atoms with Gasteiger partial charge in [0.25, 0.3) is 0 Å². The van der Waals surface area contributed by atoms with E-state index in [0.29, 0.717) is 12.0 Å². The summed E-state index contributed by atoms with van der Waals surface area (Å²) in [6.45, 7) is 6.35. The minimum Gasteiger partial charge on any atom is -0.297 e. The van der Waals surface area contributed by atoms with Crippen LogP contribution in [0.4, 0.5) is 4.39 Å². The summed E-state index contributed by atoms with van der Waals surface area (Å²) >= 11 is 0. The molecule has 2 aromatic carbocycles. The summed E-state index contributed by atoms with van der Waals surface area (Å²) < 4.78 is 13.4. The molecule has 148 valence electrons. The zero-order chi connectivity index (χ0) is 20.0. The standard InChI is InChI=1S/C25H31FN2/c1-20(2)28(18-21-8-4-3-5-9-21)17-7-16-25(19-27,22-10-6-11-22)23-12-14-24(26)15-13-23/h3-5,8-9,12-15,20,22H,6-7,10-11,16-18H2,1-2H3. The number of nitriles is 1. The minimum atomic E-state index is -0.485. The van der Waals surface area contributed by atoms with Crippen LogP contribution in [0.5, 0.6) is 0 Å². The van der Waals surface area contributed by atoms with Gasteiger partial charge in [0.15, 0.2) is 0 Å². The van der Waals surface area contributed by atoms with Gasteiger partial charge >= 0.3 is 0 Å². The monoisotopic (exact) mass is 378 g/mol. The molecular weight excluding hydrogens is 347 g/mol. The topological polar surface area (TPSA) is 27.0 Å². The lowest BCUT2D eigenvalue weighted by Gasteiger charge is -2.41. The number of nitrogens with zero attached hydrogens (tertiary/aromatic N) is 2. The van der Waals surface area contributed by atoms with Gasteiger partial charge in [0, 0.05) is 12.6 Å². The van der Waals surface area contributed by atoms with Crippen molar-refractivity contribution in [1.82, 2.24) is 4.90 Å². The summed E-state index contributed by atoms with van der Waals surface area (Å²) in [6.07, 6.45) is 5.19. The van der Waals surface area contributed by atoms with Gasteiger partial charge in [-0.2, -0.15) is 5.26 Å². The van der Waals surface area contributed by atoms with Crippen molar-refractivity contribution in [3.63, 3.8) is 0 Å². The van der Waals surface area contributed by atoms with Crippen LogP contribution in [0.3, 0.4) is 0 Å². The molecule has 2 nitrogen and oxygen atoms in total. The van der Waals surface area contributed by atoms with E-state index in [0.717, 1.165) is 44.3 Å². The summed E-state index contributed by atoms with van der Waals surface area (Å²) in [5.74, 6) is 0.155. The van der Waals surface area contributed by atoms with Crippen molar-refractivity contribution in [3.8, 4) is 6.07 Å². The fourth-order valence-corrected chi connectivity index (χ4v) is 4.34. The number of halogens is 1. The summed E-state index contributed by atoms with van der Waals surface area (Å²) in [5.41, 5.74) is 1.82. The maximum atomic E-state index is 13.4. The van der Waals surface area contributed by atoms with Gasteiger partial charge in [-0.1, -0.05) is 48.9 Å². The zero-order valence-corrected chi connectivity index (χ0v) is 17.1. The maximum absolute atomic E-state index is 13.4. The predicted molar refractivity (Wildman–Crippen MR) is 112 cm³/mol. The quantitative estimate of drug-likeness (QED) is 0.529. The van der Waals surface area contributed by atoms with Crippen molar-refractivity contribution >= 4 is 0 Å². The Morgan fingerprint density at radius 2 is 1.79 bits per heavy atom. The second kappa shape index (κ2) is 9.34. The number of hydrogen-bond acceptors (Lipinski definition) is 2. The van der Waals surface area contributed by atoms with Crippen molar-refractivity contribution < 1.29 is 4.39 Å². The van der Waals surface area contributed by atoms with Gasteiger partial charge in [0.1, 0.15) is 5.82 Å². The molecule has 0 radical (unpaired) electrons. The Kier molecular flexibility index (Phi) is 6.86. The fourth-order valence-electron chi connectivity index (χ4n) is 4.34. The van der Waals surface area contributed by atoms with E-state index in [9.17, 15) is 9.65 Å². The van der Waals surface area contributed by atoms with E-state index >= 15 is 0 Å². The molecule has 0 N–H and O–H groups in total. The van der Waals surface area contributed by atoms with Crippen LogP contribution in [0, 0.1) is 23.1 Å². The average Bonchev–Trinajstić information content (AvgIpc) is 2.66. The first-order valence-electron chi connectivity index (χ1n) is 10.5. The van der Waals surface area contributed by atoms with E-state index < -0.39 is 5.41 Å². The first kappa shape index (κ1) is 20.6. The molecule has 0 spiro atoms. The molecule has 1 aliphatic rings. The molecule has 0 amide bonds. The molecule has 1 aliphatic carbocycles. The third kappa shape index (κ3) is 4.62. The minimum absolute atomic E-state index is 0.238. The number of rotatable bonds is 9. The molecule has 0 aromatic heterocycles. The summed E-state index contributed by atoms with van der Waals surface area (Å²) in [7, 11) is 0. The third-order valence-corrected chi connectivity index (χ3v) is 6.34. The van der Waals surface area contributed by atoms with Crippen LogP contribution in [-0.4, -0.2) is 17.5 Å². The summed E-state index contributed by atoms with van der Waals surface area (Å²) in [4.78, 5) is 2.48. The fraction of sp³-hybridized carbons (Fsp3) is 0.480. The molecule has 0 heterocycles. The van der Waals surface area contributed by atoms with Crippen LogP contribution in [0.15, 0.2) is 54.6 Å². The van der Waals surface area contributed by atoms with Crippen LogP contribution in [0.2, 0.25) is 0 Å². The van der Waals surface area contributed by atoms with Crippen LogP contribution < -0.4 is 0 Å². The van der Waals surface area contributed by atoms with E-state index in [-0.39, 0.29) is 5.82 Å². The van der Waals surface area contributed by atoms with E-state index in [4.69, 9.17) is 0 Å². The number of benzene rings is 2. The molecule has 28 heavy (non-hydrogen) atoms. The van der Waals surface area contributed by atoms with E-state index in [1.165, 1.54) is 24.1 Å². The molecule has 3 heteroatoms. The summed E-state index contributed by atoms with van der Waals surface area (Å²) in [5, 5.41) is 10.2. The van der Waals surface area contributed by atoms with Crippen molar-refractivity contribution in [2.24, 2.45) is 5.92 Å². The predicted octanol–water partition coefficient (Wildman–Crippen LogP) is 6.08. The smallest absolute Gasteiger partial charge is 0.123 e. The largest absolute Gasteiger partial charge is 0.297 e. The van der Waals surface area contributed by atoms with Gasteiger partial charge in [-0.25, -0.2) is 4.39 Å². The second-order valence-corrected chi connectivity index (χ2v) is 8.37. The van der Waals surface area contributed by atoms with Gasteiger partial charge in [0.05, 0.1) is 11.5 Å². The maximum Gasteiger partial charge on any atom is 0.123 e. The van der Waals surface area contributed by atoms with E-state index in [1.54, 1.807) is 0 Å². The highest BCUT2D eigenvalue weighted by atomic mass is 19.1. The van der Waals surface area contributed by atoms with Gasteiger partial charge in [-0.15, -0.1) is 0 Å². The normalized spacial score (nSPS) is 16.6. The Bertz CT molecular complexity index is 774. The van der Waals surface area contributed by atoms with Crippen molar-refractivity contribution in [1.29, 1.82) is 5.26 Å². The van der Waals surface area contributed by atoms with Gasteiger partial charge in [-0.3, -0.25) is 4.90 Å². The molecule has 1 saturated carbocycles. The highest BCUT2D eigenvalue weighted by molar-refractivity contribution is 5.34. The molecule has 0 bridgehead atoms. The second-order valence-electron chi connectivity index (χ2n) is 8.37. The molecule has 3 rings (SSSR count). The van der Waals surface area contributed by atoms with Gasteiger partial charge in [0.2, 0.25) is 0 Å². The molecule has 0 saturated heterocycles. The van der Waals surface area contributed by atoms with Crippen molar-refractivity contribution in [2.75, 3.05) is 6.54 Å². The van der Waals surface area contributed by atoms with Crippen molar-refractivity contribution in [2.45, 2.75) is 64.0 Å². The van der Waals surface area contributed by atoms with Crippen molar-refractivity contribution in [3.05, 3.63) is 71.5 Å². The molecular formula is C25H31FN2. The summed E-state index contributed by atoms with van der Waals surface area (Å²) in [6, 6.07) is 20.3. The Hall–Kier alpha value is -2.18. The molecule has 1 fully saturated rings. The third-order valence-electron chi connectivity index (χ3n) is 6.34. The lowest BCUT2D eigenvalue weighted by atomic mass is 9.61. The van der Waals surface area contributed by atoms with E-state index in [1.807, 2.05) is 18.2 Å². The van der Waals surface area contributed by atoms with Crippen LogP contribution in [0.1, 0.15) is 57.1 Å². The molecule has 0 aliphatic heterocycles. The highest BCUT2D eigenvalue weighted by Gasteiger charge is 2.43. The van der Waals surface area contributed by atoms with Crippen LogP contribution >= 0.6 is 0 Å². The Labute approximate surface area is 169 Å². The highest BCUT2D eigenvalue weighted by Crippen LogP contribution is 2.46. The Morgan fingerprint density at radius 3 is 2.32 bits per heavy atom. The lowest BCUT2D eigenvalue weighted by Crippen LogP contribution is -2.39. The zero-order valence-electron chi connectivity index (χ0n) is 17.1. The lowest BCUT2D eigenvalue weighted by molar-refractivity contribution is 0.170. The molecule has 1 unspecified atom stereocenters. The van der Waals surface area contributed by atoms with Gasteiger partial charge in [-0.05, 0) is 75.3 Å². The number of hydrogen-bond donors (Lipinski definition) is 0. The molecule has 2 aromatic rings. The molecule has 1 atom stereocenters. The first-order chi connectivity index (χ1) is 13.5. The van der Waals surface area contributed by atoms with Crippen LogP contribution in [-0.2, 0) is 12.0 Å². The Balaban J connectivity index is 1.70.